The van der Waals surface area contributed by atoms with Gasteiger partial charge in [0.05, 0.1) is 21.9 Å². The average Bonchev–Trinajstić information content (AvgIpc) is 3.43. The molecule has 1 aliphatic heterocycles. The Bertz CT molecular complexity index is 1050. The predicted molar refractivity (Wildman–Crippen MR) is 103 cm³/mol. The fourth-order valence-corrected chi connectivity index (χ4v) is 3.91. The van der Waals surface area contributed by atoms with E-state index in [1.807, 2.05) is 11.6 Å². The Morgan fingerprint density at radius 1 is 1.15 bits per heavy atom. The molecule has 0 atom stereocenters. The van der Waals surface area contributed by atoms with Crippen molar-refractivity contribution in [2.24, 2.45) is 0 Å². The maximum absolute atomic E-state index is 4.72. The number of thiazole rings is 1. The molecule has 9 nitrogen and oxygen atoms in total. The van der Waals surface area contributed by atoms with Crippen molar-refractivity contribution >= 4 is 39.3 Å². The van der Waals surface area contributed by atoms with Gasteiger partial charge in [-0.25, -0.2) is 4.98 Å². The van der Waals surface area contributed by atoms with E-state index < -0.39 is 0 Å². The van der Waals surface area contributed by atoms with Crippen molar-refractivity contribution in [1.29, 1.82) is 0 Å². The van der Waals surface area contributed by atoms with Gasteiger partial charge in [-0.05, 0) is 30.5 Å². The molecule has 3 aromatic heterocycles. The van der Waals surface area contributed by atoms with Crippen LogP contribution < -0.4 is 10.2 Å². The summed E-state index contributed by atoms with van der Waals surface area (Å²) in [6.07, 6.45) is 4.55. The number of rotatable bonds is 5. The monoisotopic (exact) mass is 379 g/mol. The van der Waals surface area contributed by atoms with Crippen molar-refractivity contribution in [1.82, 2.24) is 35.3 Å². The molecule has 1 saturated heterocycles. The highest BCUT2D eigenvalue weighted by Gasteiger charge is 2.18. The highest BCUT2D eigenvalue weighted by atomic mass is 32.1. The van der Waals surface area contributed by atoms with Crippen LogP contribution in [0.15, 0.2) is 29.9 Å². The number of aromatic amines is 1. The van der Waals surface area contributed by atoms with Gasteiger partial charge in [-0.1, -0.05) is 6.07 Å². The number of H-pyrrole nitrogens is 1. The summed E-state index contributed by atoms with van der Waals surface area (Å²) in [6.45, 7) is 1.94. The van der Waals surface area contributed by atoms with E-state index in [1.54, 1.807) is 17.5 Å². The predicted octanol–water partition coefficient (Wildman–Crippen LogP) is 2.53. The maximum Gasteiger partial charge on any atom is 0.233 e. The van der Waals surface area contributed by atoms with Crippen LogP contribution >= 0.6 is 11.3 Å². The van der Waals surface area contributed by atoms with Gasteiger partial charge in [-0.2, -0.15) is 25.3 Å². The quantitative estimate of drug-likeness (QED) is 0.544. The van der Waals surface area contributed by atoms with Gasteiger partial charge >= 0.3 is 0 Å². The number of fused-ring (bicyclic) bond motifs is 1. The zero-order chi connectivity index (χ0) is 18.1. The standard InChI is InChI=1S/C17H17N9S/c1-2-6-26(5-1)17-22-14(20-16(23-17)21-15-9-19-25-24-15)8-11-3-4-12-13(7-11)27-10-18-12/h3-4,7,9-10H,1-2,5-6,8H2,(H2,19,20,21,22,23,24,25). The first-order valence-electron chi connectivity index (χ1n) is 8.78. The van der Waals surface area contributed by atoms with Gasteiger partial charge in [0, 0.05) is 19.5 Å². The normalized spacial score (nSPS) is 14.1. The molecular formula is C17H17N9S. The lowest BCUT2D eigenvalue weighted by molar-refractivity contribution is 0.845. The van der Waals surface area contributed by atoms with E-state index in [-0.39, 0.29) is 0 Å². The molecule has 0 unspecified atom stereocenters. The van der Waals surface area contributed by atoms with Crippen LogP contribution in [0, 0.1) is 0 Å². The lowest BCUT2D eigenvalue weighted by atomic mass is 10.1. The Kier molecular flexibility index (Phi) is 4.09. The second kappa shape index (κ2) is 6.88. The third-order valence-electron chi connectivity index (χ3n) is 4.47. The average molecular weight is 379 g/mol. The second-order valence-electron chi connectivity index (χ2n) is 6.38. The molecule has 2 N–H and O–H groups in total. The number of nitrogens with zero attached hydrogens (tertiary/aromatic N) is 7. The fourth-order valence-electron chi connectivity index (χ4n) is 3.17. The molecule has 0 saturated carbocycles. The Balaban J connectivity index is 1.48. The molecule has 5 rings (SSSR count). The molecule has 4 heterocycles. The van der Waals surface area contributed by atoms with Crippen LogP contribution in [0.5, 0.6) is 0 Å². The summed E-state index contributed by atoms with van der Waals surface area (Å²) in [5.74, 6) is 2.49. The van der Waals surface area contributed by atoms with Crippen LogP contribution in [0.4, 0.5) is 17.7 Å². The van der Waals surface area contributed by atoms with Gasteiger partial charge in [-0.3, -0.25) is 0 Å². The minimum absolute atomic E-state index is 0.481. The van der Waals surface area contributed by atoms with Gasteiger partial charge in [0.1, 0.15) is 5.82 Å². The van der Waals surface area contributed by atoms with E-state index >= 15 is 0 Å². The summed E-state index contributed by atoms with van der Waals surface area (Å²) in [7, 11) is 0. The maximum atomic E-state index is 4.72. The third-order valence-corrected chi connectivity index (χ3v) is 5.26. The van der Waals surface area contributed by atoms with E-state index in [4.69, 9.17) is 4.98 Å². The van der Waals surface area contributed by atoms with Crippen LogP contribution in [0.2, 0.25) is 0 Å². The van der Waals surface area contributed by atoms with E-state index in [9.17, 15) is 0 Å². The third kappa shape index (κ3) is 3.43. The van der Waals surface area contributed by atoms with Crippen LogP contribution in [0.3, 0.4) is 0 Å². The van der Waals surface area contributed by atoms with E-state index in [0.717, 1.165) is 42.8 Å². The number of anilines is 3. The Morgan fingerprint density at radius 2 is 2.07 bits per heavy atom. The van der Waals surface area contributed by atoms with Gasteiger partial charge in [0.2, 0.25) is 11.9 Å². The summed E-state index contributed by atoms with van der Waals surface area (Å²) in [6, 6.07) is 6.27. The van der Waals surface area contributed by atoms with Gasteiger partial charge in [-0.15, -0.1) is 16.4 Å². The first-order valence-corrected chi connectivity index (χ1v) is 9.66. The lowest BCUT2D eigenvalue weighted by Crippen LogP contribution is -2.22. The van der Waals surface area contributed by atoms with Gasteiger partial charge in [0.25, 0.3) is 0 Å². The molecule has 4 aromatic rings. The zero-order valence-electron chi connectivity index (χ0n) is 14.5. The molecule has 1 aromatic carbocycles. The van der Waals surface area contributed by atoms with Crippen molar-refractivity contribution < 1.29 is 0 Å². The van der Waals surface area contributed by atoms with Crippen molar-refractivity contribution in [2.75, 3.05) is 23.3 Å². The summed E-state index contributed by atoms with van der Waals surface area (Å²) in [5.41, 5.74) is 4.03. The Morgan fingerprint density at radius 3 is 2.93 bits per heavy atom. The van der Waals surface area contributed by atoms with Crippen molar-refractivity contribution in [2.45, 2.75) is 19.3 Å². The minimum atomic E-state index is 0.481. The topological polar surface area (TPSA) is 108 Å². The van der Waals surface area contributed by atoms with E-state index in [1.165, 1.54) is 4.70 Å². The molecule has 27 heavy (non-hydrogen) atoms. The molecule has 0 bridgehead atoms. The number of nitrogens with one attached hydrogen (secondary N) is 2. The zero-order valence-corrected chi connectivity index (χ0v) is 15.3. The molecule has 0 radical (unpaired) electrons. The van der Waals surface area contributed by atoms with E-state index in [0.29, 0.717) is 24.1 Å². The molecule has 0 spiro atoms. The number of hydrogen-bond acceptors (Lipinski definition) is 9. The molecule has 136 valence electrons. The van der Waals surface area contributed by atoms with Crippen LogP contribution in [0.1, 0.15) is 24.2 Å². The van der Waals surface area contributed by atoms with Crippen LogP contribution in [0.25, 0.3) is 10.2 Å². The van der Waals surface area contributed by atoms with Crippen molar-refractivity contribution in [3.05, 3.63) is 41.3 Å². The first kappa shape index (κ1) is 16.1. The van der Waals surface area contributed by atoms with E-state index in [2.05, 4.69) is 52.7 Å². The molecule has 10 heteroatoms. The number of hydrogen-bond donors (Lipinski definition) is 2. The molecule has 0 amide bonds. The highest BCUT2D eigenvalue weighted by molar-refractivity contribution is 7.16. The lowest BCUT2D eigenvalue weighted by Gasteiger charge is -2.16. The van der Waals surface area contributed by atoms with Gasteiger partial charge < -0.3 is 10.2 Å². The molecule has 1 fully saturated rings. The van der Waals surface area contributed by atoms with Gasteiger partial charge in [0.15, 0.2) is 5.82 Å². The van der Waals surface area contributed by atoms with Crippen LogP contribution in [-0.2, 0) is 6.42 Å². The number of benzene rings is 1. The van der Waals surface area contributed by atoms with Crippen molar-refractivity contribution in [3.8, 4) is 0 Å². The summed E-state index contributed by atoms with van der Waals surface area (Å²) >= 11 is 1.64. The molecule has 0 aliphatic carbocycles. The summed E-state index contributed by atoms with van der Waals surface area (Å²) in [5, 5.41) is 13.5. The Labute approximate surface area is 158 Å². The summed E-state index contributed by atoms with van der Waals surface area (Å²) in [4.78, 5) is 20.4. The molecular weight excluding hydrogens is 362 g/mol. The first-order chi connectivity index (χ1) is 13.3. The SMILES string of the molecule is c1nc2ccc(Cc3nc(Nc4cn[nH]n4)nc(N4CCCC4)n3)cc2s1. The second-order valence-corrected chi connectivity index (χ2v) is 7.27. The molecule has 1 aliphatic rings. The largest absolute Gasteiger partial charge is 0.341 e. The Hall–Kier alpha value is -3.14. The van der Waals surface area contributed by atoms with Crippen molar-refractivity contribution in [3.63, 3.8) is 0 Å². The summed E-state index contributed by atoms with van der Waals surface area (Å²) < 4.78 is 1.17. The highest BCUT2D eigenvalue weighted by Crippen LogP contribution is 2.22. The minimum Gasteiger partial charge on any atom is -0.341 e. The number of aromatic nitrogens is 7. The smallest absolute Gasteiger partial charge is 0.233 e. The van der Waals surface area contributed by atoms with Crippen LogP contribution in [-0.4, -0.2) is 48.4 Å². The fraction of sp³-hybridized carbons (Fsp3) is 0.294.